The molecule has 0 saturated heterocycles. The Labute approximate surface area is 151 Å². The number of hydrogen-bond acceptors (Lipinski definition) is 10. The van der Waals surface area contributed by atoms with Gasteiger partial charge < -0.3 is 15.3 Å². The van der Waals surface area contributed by atoms with E-state index in [2.05, 4.69) is 8.36 Å². The number of aliphatic hydroxyl groups is 3. The van der Waals surface area contributed by atoms with E-state index in [0.29, 0.717) is 32.0 Å². The number of aliphatic hydroxyl groups excluding tert-OH is 3. The van der Waals surface area contributed by atoms with Crippen molar-refractivity contribution in [2.75, 3.05) is 46.1 Å². The van der Waals surface area contributed by atoms with Crippen LogP contribution in [-0.4, -0.2) is 77.3 Å². The Balaban J connectivity index is 0.000000504. The quantitative estimate of drug-likeness (QED) is 0.146. The van der Waals surface area contributed by atoms with Crippen molar-refractivity contribution in [3.63, 3.8) is 0 Å². The van der Waals surface area contributed by atoms with Gasteiger partial charge in [0.15, 0.2) is 0 Å². The molecule has 1 aromatic rings. The Morgan fingerprint density at radius 1 is 0.840 bits per heavy atom. The summed E-state index contributed by atoms with van der Waals surface area (Å²) in [6.45, 7) is 4.17. The Morgan fingerprint density at radius 2 is 1.28 bits per heavy atom. The van der Waals surface area contributed by atoms with Crippen LogP contribution in [0.15, 0.2) is 24.3 Å². The Kier molecular flexibility index (Phi) is 13.9. The minimum absolute atomic E-state index is 0.0694. The fourth-order valence-corrected chi connectivity index (χ4v) is 1.95. The molecule has 0 saturated carbocycles. The second kappa shape index (κ2) is 14.4. The van der Waals surface area contributed by atoms with Gasteiger partial charge in [-0.25, -0.2) is 0 Å². The molecule has 11 heteroatoms. The van der Waals surface area contributed by atoms with Gasteiger partial charge in [0.05, 0.1) is 19.8 Å². The summed E-state index contributed by atoms with van der Waals surface area (Å²) in [5.74, 6) is 0.903. The molecule has 0 bridgehead atoms. The monoisotopic (exact) mass is 401 g/mol. The van der Waals surface area contributed by atoms with Gasteiger partial charge >= 0.3 is 91.6 Å². The van der Waals surface area contributed by atoms with Gasteiger partial charge in [0.2, 0.25) is 0 Å². The molecule has 0 aliphatic carbocycles. The molecular weight excluding hydrogens is 374 g/mol. The Bertz CT molecular complexity index is 413. The molecule has 0 amide bonds. The smallest absolute Gasteiger partial charge is 0.0558 e. The van der Waals surface area contributed by atoms with Gasteiger partial charge in [-0.15, -0.1) is 0 Å². The zero-order valence-corrected chi connectivity index (χ0v) is 15.7. The van der Waals surface area contributed by atoms with Gasteiger partial charge in [0, 0.05) is 19.6 Å². The van der Waals surface area contributed by atoms with Crippen LogP contribution in [0.25, 0.3) is 0 Å². The molecule has 10 nitrogen and oxygen atoms in total. The topological polar surface area (TPSA) is 152 Å². The summed E-state index contributed by atoms with van der Waals surface area (Å²) < 4.78 is 34.8. The van der Waals surface area contributed by atoms with Gasteiger partial charge in [-0.3, -0.25) is 4.90 Å². The van der Waals surface area contributed by atoms with Crippen LogP contribution < -0.4 is 9.62 Å². The van der Waals surface area contributed by atoms with E-state index >= 15 is 0 Å². The maximum atomic E-state index is 8.54. The maximum Gasteiger partial charge on any atom is 0.0558 e. The van der Waals surface area contributed by atoms with Gasteiger partial charge in [-0.05, 0) is 0 Å². The van der Waals surface area contributed by atoms with Crippen LogP contribution in [0.3, 0.4) is 0 Å². The molecule has 0 atom stereocenters. The van der Waals surface area contributed by atoms with Crippen LogP contribution in [0.4, 0.5) is 0 Å². The van der Waals surface area contributed by atoms with Crippen LogP contribution in [0.1, 0.15) is 6.92 Å². The summed E-state index contributed by atoms with van der Waals surface area (Å²) in [6.07, 6.45) is 0. The first-order valence-electron chi connectivity index (χ1n) is 7.66. The number of benzene rings is 1. The molecular formula is C14H27NO9Ti. The van der Waals surface area contributed by atoms with Gasteiger partial charge in [-0.2, -0.15) is 0 Å². The molecule has 0 radical (unpaired) electrons. The fraction of sp³-hybridized carbons (Fsp3) is 0.571. The van der Waals surface area contributed by atoms with E-state index < -0.39 is 18.1 Å². The maximum absolute atomic E-state index is 8.54. The van der Waals surface area contributed by atoms with Gasteiger partial charge in [0.1, 0.15) is 0 Å². The van der Waals surface area contributed by atoms with Crippen molar-refractivity contribution in [2.45, 2.75) is 6.92 Å². The van der Waals surface area contributed by atoms with Crippen molar-refractivity contribution in [3.8, 4) is 11.5 Å². The number of ether oxygens (including phenoxy) is 1. The molecule has 0 unspecified atom stereocenters. The minimum Gasteiger partial charge on any atom is -0.395 e. The largest absolute Gasteiger partial charge is 0.395 e. The van der Waals surface area contributed by atoms with Crippen molar-refractivity contribution in [3.05, 3.63) is 24.3 Å². The van der Waals surface area contributed by atoms with E-state index in [0.717, 1.165) is 0 Å². The normalized spacial score (nSPS) is 11.0. The molecule has 0 spiro atoms. The standard InChI is InChI=1S/C8H10O3.C6H15NO3.3H2O.Ti/c1-2-10-7-3-5-8(11-9)6-4-7;8-4-1-7(2-5-9)3-6-10;;;;/h3-6,9H,2H2,1H3;8-10H,1-6H2;3*1H2;/q;;;;;+4/p-4. The Morgan fingerprint density at radius 3 is 1.64 bits per heavy atom. The summed E-state index contributed by atoms with van der Waals surface area (Å²) in [4.78, 5) is 6.27. The molecule has 0 aromatic heterocycles. The van der Waals surface area contributed by atoms with Crippen LogP contribution in [0.2, 0.25) is 0 Å². The van der Waals surface area contributed by atoms with Crippen molar-refractivity contribution < 1.29 is 57.6 Å². The minimum atomic E-state index is -5.08. The third kappa shape index (κ3) is 14.1. The molecule has 1 rings (SSSR count). The van der Waals surface area contributed by atoms with E-state index in [1.54, 1.807) is 17.0 Å². The van der Waals surface area contributed by atoms with E-state index in [-0.39, 0.29) is 25.6 Å². The molecule has 0 heterocycles. The molecule has 0 aliphatic rings. The summed E-state index contributed by atoms with van der Waals surface area (Å²) >= 11 is -5.08. The number of rotatable bonds is 11. The van der Waals surface area contributed by atoms with Crippen molar-refractivity contribution >= 4 is 0 Å². The zero-order valence-electron chi connectivity index (χ0n) is 14.1. The van der Waals surface area contributed by atoms with Crippen molar-refractivity contribution in [1.29, 1.82) is 0 Å². The van der Waals surface area contributed by atoms with E-state index in [1.165, 1.54) is 12.1 Å². The second-order valence-electron chi connectivity index (χ2n) is 4.66. The van der Waals surface area contributed by atoms with E-state index in [1.807, 2.05) is 6.92 Å². The second-order valence-corrected chi connectivity index (χ2v) is 6.71. The molecule has 0 fully saturated rings. The molecule has 6 N–H and O–H groups in total. The number of hydrogen-bond donors (Lipinski definition) is 6. The first-order chi connectivity index (χ1) is 11.9. The predicted molar refractivity (Wildman–Crippen MR) is 83.7 cm³/mol. The Hall–Kier alpha value is -0.786. The van der Waals surface area contributed by atoms with Crippen molar-refractivity contribution in [2.24, 2.45) is 0 Å². The van der Waals surface area contributed by atoms with Crippen LogP contribution in [0.5, 0.6) is 11.5 Å². The van der Waals surface area contributed by atoms with Crippen LogP contribution in [0, 0.1) is 0 Å². The number of nitrogens with zero attached hydrogens (tertiary/aromatic N) is 1. The molecule has 1 aromatic carbocycles. The third-order valence-corrected chi connectivity index (χ3v) is 3.11. The van der Waals surface area contributed by atoms with Crippen LogP contribution >= 0.6 is 0 Å². The summed E-state index contributed by atoms with van der Waals surface area (Å²) in [5, 5.41) is 25.5. The summed E-state index contributed by atoms with van der Waals surface area (Å²) in [5.41, 5.74) is 0. The first kappa shape index (κ1) is 24.2. The van der Waals surface area contributed by atoms with E-state index in [9.17, 15) is 0 Å². The first-order valence-corrected chi connectivity index (χ1v) is 10.4. The van der Waals surface area contributed by atoms with Crippen LogP contribution in [-0.2, 0) is 21.6 Å². The average molecular weight is 401 g/mol. The zero-order chi connectivity index (χ0) is 19.1. The van der Waals surface area contributed by atoms with E-state index in [4.69, 9.17) is 31.1 Å². The predicted octanol–water partition coefficient (Wildman–Crippen LogP) is -1.55. The SMILES string of the molecule is CCOc1ccc(O[O][Ti]([OH])([OH])[OH])cc1.OCCN(CCO)CCO. The summed E-state index contributed by atoms with van der Waals surface area (Å²) in [6, 6.07) is 6.28. The fourth-order valence-electron chi connectivity index (χ4n) is 1.62. The van der Waals surface area contributed by atoms with Crippen molar-refractivity contribution in [1.82, 2.24) is 4.90 Å². The van der Waals surface area contributed by atoms with Gasteiger partial charge in [-0.1, -0.05) is 0 Å². The molecule has 25 heavy (non-hydrogen) atoms. The molecule has 0 aliphatic heterocycles. The van der Waals surface area contributed by atoms with Gasteiger partial charge in [0.25, 0.3) is 0 Å². The molecule has 146 valence electrons. The average Bonchev–Trinajstić information content (AvgIpc) is 2.55. The third-order valence-electron chi connectivity index (χ3n) is 2.63. The summed E-state index contributed by atoms with van der Waals surface area (Å²) in [7, 11) is 0.